The molecule has 0 aromatic heterocycles. The third kappa shape index (κ3) is 12.8. The first-order chi connectivity index (χ1) is 18.4. The second kappa shape index (κ2) is 21.7. The van der Waals surface area contributed by atoms with Gasteiger partial charge in [0.1, 0.15) is 15.9 Å². The van der Waals surface area contributed by atoms with E-state index < -0.39 is 7.92 Å². The van der Waals surface area contributed by atoms with E-state index in [0.29, 0.717) is 6.61 Å². The van der Waals surface area contributed by atoms with Crippen LogP contribution in [0.2, 0.25) is 0 Å². The van der Waals surface area contributed by atoms with Crippen molar-refractivity contribution in [1.82, 2.24) is 0 Å². The molecule has 3 nitrogen and oxygen atoms in total. The Morgan fingerprint density at radius 3 is 1.29 bits per heavy atom. The fourth-order valence-corrected chi connectivity index (χ4v) is 6.00. The van der Waals surface area contributed by atoms with Gasteiger partial charge in [-0.15, -0.1) is 0 Å². The molecule has 0 bridgehead atoms. The van der Waals surface area contributed by atoms with E-state index in [-0.39, 0.29) is 23.7 Å². The van der Waals surface area contributed by atoms with Crippen LogP contribution < -0.4 is 15.9 Å². The molecule has 0 amide bonds. The van der Waals surface area contributed by atoms with Crippen LogP contribution in [0.5, 0.6) is 0 Å². The second-order valence-corrected chi connectivity index (χ2v) is 10.0. The van der Waals surface area contributed by atoms with E-state index in [2.05, 4.69) is 97.6 Å². The summed E-state index contributed by atoms with van der Waals surface area (Å²) in [4.78, 5) is 9.75. The number of hydrogen-bond acceptors (Lipinski definition) is 2. The number of benzene rings is 4. The van der Waals surface area contributed by atoms with E-state index in [1.54, 1.807) is 6.29 Å². The Labute approximate surface area is 238 Å². The summed E-state index contributed by atoms with van der Waals surface area (Å²) in [7, 11) is -0.877. The Hall–Kier alpha value is -3.32. The fourth-order valence-electron chi connectivity index (χ4n) is 3.42. The van der Waals surface area contributed by atoms with Crippen molar-refractivity contribution in [2.75, 3.05) is 6.61 Å². The van der Waals surface area contributed by atoms with E-state index in [1.807, 2.05) is 61.1 Å². The molecule has 0 spiro atoms. The van der Waals surface area contributed by atoms with Crippen LogP contribution in [0.15, 0.2) is 146 Å². The first-order valence-electron chi connectivity index (χ1n) is 11.8. The zero-order chi connectivity index (χ0) is 26.4. The standard InChI is InChI=1S/C18H15P.C9H9O2.C5H5.CO.Fe/c1-4-10-16(11-5-1)19(17-12-6-2-7-13-17)18-14-8-3-9-15-18;10-6-7-11-8-9-4-2-1-3-5-9;1-2-4-5-3-1;1-2;/h1-15H;1-5H,7-8H2;1-5H;;/q;-1;;;/p+1. The monoisotopic (exact) mass is 561 g/mol. The molecule has 0 saturated carbocycles. The van der Waals surface area contributed by atoms with Crippen LogP contribution in [0.3, 0.4) is 0 Å². The Balaban J connectivity index is 0.000000321. The average molecular weight is 561 g/mol. The minimum atomic E-state index is -0.877. The summed E-state index contributed by atoms with van der Waals surface area (Å²) in [5.74, 6) is 0. The van der Waals surface area contributed by atoms with Crippen molar-refractivity contribution in [3.05, 3.63) is 164 Å². The molecule has 0 heterocycles. The van der Waals surface area contributed by atoms with Gasteiger partial charge in [0.2, 0.25) is 0 Å². The van der Waals surface area contributed by atoms with Gasteiger partial charge < -0.3 is 9.53 Å². The summed E-state index contributed by atoms with van der Waals surface area (Å²) in [6.07, 6.45) is 11.7. The molecule has 0 N–H and O–H groups in total. The van der Waals surface area contributed by atoms with Crippen LogP contribution in [0, 0.1) is 13.1 Å². The van der Waals surface area contributed by atoms with Gasteiger partial charge in [-0.3, -0.25) is 0 Å². The summed E-state index contributed by atoms with van der Waals surface area (Å²) in [6, 6.07) is 42.2. The Bertz CT molecular complexity index is 1090. The van der Waals surface area contributed by atoms with Gasteiger partial charge in [-0.05, 0) is 48.6 Å². The van der Waals surface area contributed by atoms with Crippen LogP contribution in [0.25, 0.3) is 0 Å². The molecule has 0 saturated heterocycles. The first kappa shape index (κ1) is 32.7. The van der Waals surface area contributed by atoms with E-state index in [4.69, 9.17) is 9.39 Å². The van der Waals surface area contributed by atoms with Crippen LogP contribution in [-0.4, -0.2) is 12.9 Å². The van der Waals surface area contributed by atoms with Crippen LogP contribution in [0.1, 0.15) is 5.56 Å². The van der Waals surface area contributed by atoms with E-state index in [1.165, 1.54) is 15.9 Å². The molecule has 4 aromatic rings. The second-order valence-electron chi connectivity index (χ2n) is 7.56. The molecule has 5 heteroatoms. The molecule has 0 atom stereocenters. The van der Waals surface area contributed by atoms with E-state index >= 15 is 0 Å². The molecule has 1 radical (unpaired) electrons. The minimum Gasteiger partial charge on any atom is -0.0767 e. The van der Waals surface area contributed by atoms with Crippen molar-refractivity contribution >= 4 is 30.1 Å². The maximum absolute atomic E-state index is 9.75. The van der Waals surface area contributed by atoms with E-state index in [0.717, 1.165) is 5.56 Å². The van der Waals surface area contributed by atoms with Crippen LogP contribution >= 0.6 is 7.92 Å². The van der Waals surface area contributed by atoms with Gasteiger partial charge in [0.15, 0.2) is 0 Å². The van der Waals surface area contributed by atoms with E-state index in [9.17, 15) is 4.79 Å². The molecule has 5 rings (SSSR count). The molecule has 1 aliphatic carbocycles. The number of carbonyl (C=O) groups excluding carboxylic acids is 1. The summed E-state index contributed by atoms with van der Waals surface area (Å²) >= 11 is 0. The molecule has 0 aliphatic heterocycles. The Kier molecular flexibility index (Phi) is 18.7. The Morgan fingerprint density at radius 1 is 0.605 bits per heavy atom. The maximum Gasteiger partial charge on any atom is 0.102 e. The first-order valence-corrected chi connectivity index (χ1v) is 13.3. The van der Waals surface area contributed by atoms with Crippen molar-refractivity contribution in [3.63, 3.8) is 0 Å². The molecule has 1 aliphatic rings. The smallest absolute Gasteiger partial charge is 0.0767 e. The molecule has 38 heavy (non-hydrogen) atoms. The van der Waals surface area contributed by atoms with Gasteiger partial charge in [-0.2, -0.15) is 0 Å². The number of rotatable bonds is 7. The zero-order valence-electron chi connectivity index (χ0n) is 20.9. The van der Waals surface area contributed by atoms with Crippen molar-refractivity contribution in [1.29, 1.82) is 0 Å². The van der Waals surface area contributed by atoms with Gasteiger partial charge in [0.05, 0.1) is 14.5 Å². The maximum atomic E-state index is 9.75. The third-order valence-corrected chi connectivity index (χ3v) is 7.75. The van der Waals surface area contributed by atoms with Crippen molar-refractivity contribution in [2.24, 2.45) is 0 Å². The van der Waals surface area contributed by atoms with Crippen LogP contribution in [0.4, 0.5) is 0 Å². The number of allylic oxidation sites excluding steroid dienone is 4. The molecular weight excluding hydrogens is 531 g/mol. The fraction of sp³-hybridized carbons (Fsp3) is 0.0606. The van der Waals surface area contributed by atoms with Crippen molar-refractivity contribution in [2.45, 2.75) is 6.61 Å². The Morgan fingerprint density at radius 2 is 0.974 bits per heavy atom. The number of hydrogen-bond donors (Lipinski definition) is 0. The zero-order valence-corrected chi connectivity index (χ0v) is 23.0. The molecule has 4 aromatic carbocycles. The van der Waals surface area contributed by atoms with Gasteiger partial charge in [-0.1, -0.05) is 109 Å². The van der Waals surface area contributed by atoms with Gasteiger partial charge >= 0.3 is 11.3 Å². The predicted octanol–water partition coefficient (Wildman–Crippen LogP) is 5.77. The van der Waals surface area contributed by atoms with Crippen molar-refractivity contribution in [3.8, 4) is 0 Å². The SMILES string of the molecule is O=[C-]COCc1ccccc1.[C-]#[O+].[CH]1C=CC=C1.[Fe].c1ccc([PH+](c2ccccc2)c2ccccc2)cc1. The third-order valence-electron chi connectivity index (χ3n) is 5.02. The van der Waals surface area contributed by atoms with Crippen molar-refractivity contribution < 1.29 is 31.3 Å². The average Bonchev–Trinajstić information content (AvgIpc) is 3.58. The molecule has 0 fully saturated rings. The largest absolute Gasteiger partial charge is 0.102 e. The van der Waals surface area contributed by atoms with Gasteiger partial charge in [0.25, 0.3) is 0 Å². The van der Waals surface area contributed by atoms with Crippen LogP contribution in [-0.2, 0) is 37.9 Å². The normalized spacial score (nSPS) is 10.4. The summed E-state index contributed by atoms with van der Waals surface area (Å²) in [6.45, 7) is 5.03. The summed E-state index contributed by atoms with van der Waals surface area (Å²) < 4.78 is 12.4. The number of ether oxygens (including phenoxy) is 1. The van der Waals surface area contributed by atoms with Gasteiger partial charge in [0, 0.05) is 23.5 Å². The van der Waals surface area contributed by atoms with Gasteiger partial charge in [-0.25, -0.2) is 6.29 Å². The summed E-state index contributed by atoms with van der Waals surface area (Å²) in [5.41, 5.74) is 1.07. The molecular formula is C33H30FeO3P. The molecule has 193 valence electrons. The summed E-state index contributed by atoms with van der Waals surface area (Å²) in [5, 5.41) is 4.31. The molecule has 0 unspecified atom stereocenters. The minimum absolute atomic E-state index is 0. The quantitative estimate of drug-likeness (QED) is 0.0947. The predicted molar refractivity (Wildman–Crippen MR) is 155 cm³/mol. The topological polar surface area (TPSA) is 46.2 Å².